The van der Waals surface area contributed by atoms with Gasteiger partial charge in [0.15, 0.2) is 0 Å². The van der Waals surface area contributed by atoms with Crippen molar-refractivity contribution in [2.75, 3.05) is 0 Å². The number of benzene rings is 3. The minimum absolute atomic E-state index is 1.51. The molecule has 0 amide bonds. The molecule has 1 heteroatoms. The van der Waals surface area contributed by atoms with Gasteiger partial charge in [-0.15, -0.1) is 0 Å². The molecule has 0 saturated heterocycles. The molecule has 0 bridgehead atoms. The van der Waals surface area contributed by atoms with Crippen molar-refractivity contribution in [1.82, 2.24) is 0 Å². The quantitative estimate of drug-likeness (QED) is 0.519. The van der Waals surface area contributed by atoms with E-state index in [0.717, 1.165) is 0 Å². The predicted octanol–water partition coefficient (Wildman–Crippen LogP) is 2.56. The van der Waals surface area contributed by atoms with Crippen molar-refractivity contribution in [3.8, 4) is 0 Å². The van der Waals surface area contributed by atoms with E-state index < -0.39 is 19.8 Å². The number of rotatable bonds is 3. The van der Waals surface area contributed by atoms with E-state index in [-0.39, 0.29) is 0 Å². The van der Waals surface area contributed by atoms with Crippen LogP contribution in [0.3, 0.4) is 0 Å². The molecule has 3 aromatic carbocycles. The second-order valence-electron chi connectivity index (χ2n) is 4.99. The molecule has 0 atom stereocenters. The molecule has 3 rings (SSSR count). The number of hydrogen-bond acceptors (Lipinski definition) is 0. The van der Waals surface area contributed by atoms with Crippen LogP contribution in [0.2, 0.25) is 0 Å². The Bertz CT molecular complexity index is 640. The Kier molecular flexibility index (Phi) is 4.41. The van der Waals surface area contributed by atoms with E-state index in [1.54, 1.807) is 0 Å². The third-order valence-corrected chi connectivity index (χ3v) is 19.9. The molecular formula is C20H19Bi. The van der Waals surface area contributed by atoms with E-state index in [1.807, 2.05) is 0 Å². The first kappa shape index (κ1) is 14.4. The standard InChI is InChI=1S/3C6H5.C2H4.Bi/c3*1-2-4-6-5-3-1;1-2;/h3*1-5H;1H,2H3;. The number of hydrogen-bond donors (Lipinski definition) is 0. The maximum absolute atomic E-state index is 3.02. The van der Waals surface area contributed by atoms with E-state index in [2.05, 4.69) is 102 Å². The van der Waals surface area contributed by atoms with Crippen LogP contribution in [0, 0.1) is 0 Å². The molecule has 3 aromatic rings. The average Bonchev–Trinajstić information content (AvgIpc) is 2.59. The summed E-state index contributed by atoms with van der Waals surface area (Å²) in [6, 6.07) is 33.1. The Balaban J connectivity index is 2.35. The van der Waals surface area contributed by atoms with Gasteiger partial charge in [-0.3, -0.25) is 0 Å². The molecule has 0 aliphatic rings. The fourth-order valence-corrected chi connectivity index (χ4v) is 17.3. The van der Waals surface area contributed by atoms with Crippen LogP contribution in [-0.4, -0.2) is 23.5 Å². The van der Waals surface area contributed by atoms with Crippen LogP contribution in [0.1, 0.15) is 6.92 Å². The van der Waals surface area contributed by atoms with E-state index in [0.29, 0.717) is 0 Å². The Morgan fingerprint density at radius 3 is 1.05 bits per heavy atom. The fraction of sp³-hybridized carbons (Fsp3) is 0.0500. The topological polar surface area (TPSA) is 0 Å². The Hall–Kier alpha value is -1.59. The van der Waals surface area contributed by atoms with E-state index >= 15 is 0 Å². The van der Waals surface area contributed by atoms with Gasteiger partial charge >= 0.3 is 131 Å². The second kappa shape index (κ2) is 6.45. The van der Waals surface area contributed by atoms with E-state index in [1.165, 1.54) is 9.81 Å². The SMILES string of the molecule is C[CH]=[Bi]([c]1ccccc1)([c]1ccccc1)[c]1ccccc1. The molecular weight excluding hydrogens is 449 g/mol. The summed E-state index contributed by atoms with van der Waals surface area (Å²) in [4.78, 5) is 0. The van der Waals surface area contributed by atoms with E-state index in [4.69, 9.17) is 0 Å². The van der Waals surface area contributed by atoms with Crippen LogP contribution in [-0.2, 0) is 0 Å². The third-order valence-electron chi connectivity index (χ3n) is 3.88. The molecule has 0 N–H and O–H groups in total. The van der Waals surface area contributed by atoms with Gasteiger partial charge in [0, 0.05) is 0 Å². The van der Waals surface area contributed by atoms with Crippen LogP contribution in [0.15, 0.2) is 91.0 Å². The zero-order valence-electron chi connectivity index (χ0n) is 12.2. The third kappa shape index (κ3) is 2.63. The van der Waals surface area contributed by atoms with Crippen LogP contribution < -0.4 is 9.81 Å². The summed E-state index contributed by atoms with van der Waals surface area (Å²) < 4.78 is 7.05. The zero-order valence-corrected chi connectivity index (χ0v) is 15.7. The molecule has 21 heavy (non-hydrogen) atoms. The van der Waals surface area contributed by atoms with Gasteiger partial charge in [-0.25, -0.2) is 0 Å². The van der Waals surface area contributed by atoms with Crippen molar-refractivity contribution >= 4 is 33.3 Å². The Labute approximate surface area is 131 Å². The molecule has 0 saturated carbocycles. The van der Waals surface area contributed by atoms with Crippen molar-refractivity contribution in [3.63, 3.8) is 0 Å². The van der Waals surface area contributed by atoms with Gasteiger partial charge in [0.25, 0.3) is 0 Å². The fourth-order valence-electron chi connectivity index (χ4n) is 2.88. The van der Waals surface area contributed by atoms with Crippen molar-refractivity contribution < 1.29 is 0 Å². The van der Waals surface area contributed by atoms with Crippen LogP contribution in [0.5, 0.6) is 0 Å². The summed E-state index contributed by atoms with van der Waals surface area (Å²) in [6.45, 7) is 2.24. The van der Waals surface area contributed by atoms with E-state index in [9.17, 15) is 0 Å². The zero-order chi connectivity index (χ0) is 14.5. The summed E-state index contributed by atoms with van der Waals surface area (Å²) in [5.74, 6) is 0. The molecule has 0 aliphatic carbocycles. The van der Waals surface area contributed by atoms with Crippen LogP contribution in [0.25, 0.3) is 0 Å². The van der Waals surface area contributed by atoms with Crippen LogP contribution in [0.4, 0.5) is 0 Å². The van der Waals surface area contributed by atoms with Gasteiger partial charge in [-0.05, 0) is 0 Å². The van der Waals surface area contributed by atoms with Gasteiger partial charge in [0.1, 0.15) is 0 Å². The average molecular weight is 468 g/mol. The molecule has 0 heterocycles. The van der Waals surface area contributed by atoms with Crippen molar-refractivity contribution in [2.45, 2.75) is 6.92 Å². The van der Waals surface area contributed by atoms with Crippen molar-refractivity contribution in [3.05, 3.63) is 91.0 Å². The molecule has 0 radical (unpaired) electrons. The normalized spacial score (nSPS) is 11.1. The molecule has 0 aliphatic heterocycles. The van der Waals surface area contributed by atoms with Gasteiger partial charge in [0.2, 0.25) is 0 Å². The van der Waals surface area contributed by atoms with Gasteiger partial charge < -0.3 is 0 Å². The first-order valence-electron chi connectivity index (χ1n) is 7.24. The summed E-state index contributed by atoms with van der Waals surface area (Å²) >= 11 is -3.02. The molecule has 0 aromatic heterocycles. The monoisotopic (exact) mass is 468 g/mol. The van der Waals surface area contributed by atoms with Gasteiger partial charge in [-0.2, -0.15) is 0 Å². The Morgan fingerprint density at radius 2 is 0.810 bits per heavy atom. The molecule has 0 nitrogen and oxygen atoms in total. The first-order chi connectivity index (χ1) is 10.4. The Morgan fingerprint density at radius 1 is 0.524 bits per heavy atom. The summed E-state index contributed by atoms with van der Waals surface area (Å²) in [6.07, 6.45) is 0. The molecule has 104 valence electrons. The van der Waals surface area contributed by atoms with Crippen molar-refractivity contribution in [1.29, 1.82) is 0 Å². The molecule has 0 fully saturated rings. The summed E-state index contributed by atoms with van der Waals surface area (Å²) in [5.41, 5.74) is 0. The molecule has 0 unspecified atom stereocenters. The minimum atomic E-state index is -3.02. The van der Waals surface area contributed by atoms with Crippen LogP contribution >= 0.6 is 0 Å². The summed E-state index contributed by atoms with van der Waals surface area (Å²) in [5, 5.41) is 0. The van der Waals surface area contributed by atoms with Crippen molar-refractivity contribution in [2.24, 2.45) is 0 Å². The van der Waals surface area contributed by atoms with Gasteiger partial charge in [-0.1, -0.05) is 0 Å². The summed E-state index contributed by atoms with van der Waals surface area (Å²) in [7, 11) is 0. The maximum atomic E-state index is 2.51. The second-order valence-corrected chi connectivity index (χ2v) is 18.6. The van der Waals surface area contributed by atoms with Gasteiger partial charge in [0.05, 0.1) is 0 Å². The first-order valence-corrected chi connectivity index (χ1v) is 14.5. The predicted molar refractivity (Wildman–Crippen MR) is 95.7 cm³/mol. The molecule has 0 spiro atoms.